The molecule has 0 spiro atoms. The number of hydrogen-bond donors (Lipinski definition) is 0. The maximum atomic E-state index is 12.9. The predicted octanol–water partition coefficient (Wildman–Crippen LogP) is 4.59. The molecule has 0 aliphatic carbocycles. The van der Waals surface area contributed by atoms with Crippen LogP contribution in [0.4, 0.5) is 4.39 Å². The van der Waals surface area contributed by atoms with Crippen molar-refractivity contribution in [2.75, 3.05) is 12.4 Å². The van der Waals surface area contributed by atoms with E-state index in [4.69, 9.17) is 4.74 Å². The van der Waals surface area contributed by atoms with Crippen molar-refractivity contribution < 1.29 is 13.9 Å². The molecular formula is C17H17FO2S. The molecule has 0 amide bonds. The highest BCUT2D eigenvalue weighted by molar-refractivity contribution is 7.99. The van der Waals surface area contributed by atoms with Crippen LogP contribution in [0.25, 0.3) is 0 Å². The van der Waals surface area contributed by atoms with Gasteiger partial charge in [-0.15, -0.1) is 11.8 Å². The highest BCUT2D eigenvalue weighted by atomic mass is 32.2. The Morgan fingerprint density at radius 2 is 1.95 bits per heavy atom. The third-order valence-electron chi connectivity index (χ3n) is 2.88. The molecule has 0 fully saturated rings. The Balaban J connectivity index is 1.69. The van der Waals surface area contributed by atoms with Crippen molar-refractivity contribution in [3.05, 3.63) is 59.9 Å². The van der Waals surface area contributed by atoms with Crippen molar-refractivity contribution in [1.29, 1.82) is 0 Å². The van der Waals surface area contributed by atoms with Crippen LogP contribution < -0.4 is 4.74 Å². The Labute approximate surface area is 128 Å². The topological polar surface area (TPSA) is 26.3 Å². The van der Waals surface area contributed by atoms with Gasteiger partial charge in [0.1, 0.15) is 11.6 Å². The molecule has 0 aromatic heterocycles. The quantitative estimate of drug-likeness (QED) is 0.425. The van der Waals surface area contributed by atoms with Gasteiger partial charge in [0.2, 0.25) is 0 Å². The van der Waals surface area contributed by atoms with Crippen LogP contribution in [0.1, 0.15) is 23.7 Å². The van der Waals surface area contributed by atoms with Gasteiger partial charge in [0.25, 0.3) is 0 Å². The van der Waals surface area contributed by atoms with Crippen LogP contribution in [-0.4, -0.2) is 18.1 Å². The maximum absolute atomic E-state index is 12.9. The van der Waals surface area contributed by atoms with Crippen LogP contribution >= 0.6 is 11.8 Å². The second-order valence-electron chi connectivity index (χ2n) is 4.59. The third-order valence-corrected chi connectivity index (χ3v) is 3.98. The minimum atomic E-state index is -0.285. The zero-order chi connectivity index (χ0) is 15.1. The summed E-state index contributed by atoms with van der Waals surface area (Å²) in [5, 5.41) is 0. The second kappa shape index (κ2) is 7.84. The zero-order valence-corrected chi connectivity index (χ0v) is 12.7. The van der Waals surface area contributed by atoms with Gasteiger partial charge in [0.05, 0.1) is 6.61 Å². The largest absolute Gasteiger partial charge is 0.493 e. The van der Waals surface area contributed by atoms with E-state index >= 15 is 0 Å². The fraction of sp³-hybridized carbons (Fsp3) is 0.235. The van der Waals surface area contributed by atoms with E-state index in [1.807, 2.05) is 24.3 Å². The average Bonchev–Trinajstić information content (AvgIpc) is 2.47. The molecule has 0 aliphatic rings. The van der Waals surface area contributed by atoms with E-state index < -0.39 is 0 Å². The number of rotatable bonds is 7. The van der Waals surface area contributed by atoms with E-state index in [1.54, 1.807) is 30.8 Å². The molecule has 4 heteroatoms. The van der Waals surface area contributed by atoms with Gasteiger partial charge in [0.15, 0.2) is 5.78 Å². The van der Waals surface area contributed by atoms with Gasteiger partial charge < -0.3 is 4.74 Å². The standard InChI is InChI=1S/C17H17FO2S/c1-13(19)14-6-8-17(9-7-14)21-11-3-10-20-16-5-2-4-15(18)12-16/h2,4-9,12H,3,10-11H2,1H3. The van der Waals surface area contributed by atoms with Gasteiger partial charge in [-0.05, 0) is 37.6 Å². The average molecular weight is 304 g/mol. The molecule has 0 heterocycles. The molecule has 2 aromatic carbocycles. The number of halogens is 1. The van der Waals surface area contributed by atoms with E-state index in [2.05, 4.69) is 0 Å². The minimum absolute atomic E-state index is 0.0787. The van der Waals surface area contributed by atoms with Crippen molar-refractivity contribution in [2.45, 2.75) is 18.2 Å². The molecule has 0 unspecified atom stereocenters. The fourth-order valence-electron chi connectivity index (χ4n) is 1.78. The van der Waals surface area contributed by atoms with Crippen LogP contribution in [0, 0.1) is 5.82 Å². The minimum Gasteiger partial charge on any atom is -0.493 e. The fourth-order valence-corrected chi connectivity index (χ4v) is 2.61. The maximum Gasteiger partial charge on any atom is 0.159 e. The van der Waals surface area contributed by atoms with Gasteiger partial charge in [-0.25, -0.2) is 4.39 Å². The monoisotopic (exact) mass is 304 g/mol. The molecule has 0 saturated carbocycles. The number of ketones is 1. The number of carbonyl (C=O) groups excluding carboxylic acids is 1. The SMILES string of the molecule is CC(=O)c1ccc(SCCCOc2cccc(F)c2)cc1. The van der Waals surface area contributed by atoms with E-state index in [-0.39, 0.29) is 11.6 Å². The molecule has 2 rings (SSSR count). The molecule has 0 radical (unpaired) electrons. The highest BCUT2D eigenvalue weighted by Gasteiger charge is 2.00. The van der Waals surface area contributed by atoms with Gasteiger partial charge in [-0.2, -0.15) is 0 Å². The lowest BCUT2D eigenvalue weighted by atomic mass is 10.2. The summed E-state index contributed by atoms with van der Waals surface area (Å²) in [6.07, 6.45) is 0.871. The molecule has 0 N–H and O–H groups in total. The number of Topliss-reactive ketones (excluding diaryl/α,β-unsaturated/α-hetero) is 1. The molecule has 2 nitrogen and oxygen atoms in total. The molecule has 110 valence electrons. The van der Waals surface area contributed by atoms with E-state index in [1.165, 1.54) is 12.1 Å². The van der Waals surface area contributed by atoms with Crippen molar-refractivity contribution in [1.82, 2.24) is 0 Å². The summed E-state index contributed by atoms with van der Waals surface area (Å²) < 4.78 is 18.4. The molecule has 0 atom stereocenters. The Morgan fingerprint density at radius 1 is 1.19 bits per heavy atom. The van der Waals surface area contributed by atoms with Crippen LogP contribution in [0.2, 0.25) is 0 Å². The first-order valence-electron chi connectivity index (χ1n) is 6.77. The van der Waals surface area contributed by atoms with Crippen molar-refractivity contribution >= 4 is 17.5 Å². The second-order valence-corrected chi connectivity index (χ2v) is 5.76. The first-order chi connectivity index (χ1) is 10.1. The zero-order valence-electron chi connectivity index (χ0n) is 11.8. The smallest absolute Gasteiger partial charge is 0.159 e. The van der Waals surface area contributed by atoms with E-state index in [0.717, 1.165) is 22.6 Å². The number of hydrogen-bond acceptors (Lipinski definition) is 3. The lowest BCUT2D eigenvalue weighted by Gasteiger charge is -2.06. The number of ether oxygens (including phenoxy) is 1. The lowest BCUT2D eigenvalue weighted by Crippen LogP contribution is -1.99. The van der Waals surface area contributed by atoms with Crippen LogP contribution in [-0.2, 0) is 0 Å². The molecule has 21 heavy (non-hydrogen) atoms. The first kappa shape index (κ1) is 15.6. The first-order valence-corrected chi connectivity index (χ1v) is 7.76. The lowest BCUT2D eigenvalue weighted by molar-refractivity contribution is 0.101. The Hall–Kier alpha value is -1.81. The van der Waals surface area contributed by atoms with Crippen molar-refractivity contribution in [3.8, 4) is 5.75 Å². The Kier molecular flexibility index (Phi) is 5.81. The number of thioether (sulfide) groups is 1. The number of carbonyl (C=O) groups is 1. The van der Waals surface area contributed by atoms with Crippen molar-refractivity contribution in [2.24, 2.45) is 0 Å². The third kappa shape index (κ3) is 5.23. The molecule has 0 bridgehead atoms. The summed E-state index contributed by atoms with van der Waals surface area (Å²) in [7, 11) is 0. The number of benzene rings is 2. The Morgan fingerprint density at radius 3 is 2.62 bits per heavy atom. The van der Waals surface area contributed by atoms with Gasteiger partial charge in [-0.1, -0.05) is 18.2 Å². The molecule has 2 aromatic rings. The molecular weight excluding hydrogens is 287 g/mol. The van der Waals surface area contributed by atoms with Crippen LogP contribution in [0.3, 0.4) is 0 Å². The molecule has 0 aliphatic heterocycles. The summed E-state index contributed by atoms with van der Waals surface area (Å²) in [6, 6.07) is 13.7. The summed E-state index contributed by atoms with van der Waals surface area (Å²) in [4.78, 5) is 12.3. The summed E-state index contributed by atoms with van der Waals surface area (Å²) >= 11 is 1.71. The van der Waals surface area contributed by atoms with Gasteiger partial charge in [-0.3, -0.25) is 4.79 Å². The highest BCUT2D eigenvalue weighted by Crippen LogP contribution is 2.20. The van der Waals surface area contributed by atoms with Gasteiger partial charge in [0, 0.05) is 22.3 Å². The summed E-state index contributed by atoms with van der Waals surface area (Å²) in [5.74, 6) is 1.27. The summed E-state index contributed by atoms with van der Waals surface area (Å²) in [6.45, 7) is 2.12. The van der Waals surface area contributed by atoms with Crippen LogP contribution in [0.5, 0.6) is 5.75 Å². The summed E-state index contributed by atoms with van der Waals surface area (Å²) in [5.41, 5.74) is 0.730. The molecule has 0 saturated heterocycles. The van der Waals surface area contributed by atoms with E-state index in [0.29, 0.717) is 12.4 Å². The van der Waals surface area contributed by atoms with E-state index in [9.17, 15) is 9.18 Å². The Bertz CT molecular complexity index is 596. The normalized spacial score (nSPS) is 10.4. The van der Waals surface area contributed by atoms with Gasteiger partial charge >= 0.3 is 0 Å². The predicted molar refractivity (Wildman–Crippen MR) is 83.7 cm³/mol. The van der Waals surface area contributed by atoms with Crippen LogP contribution in [0.15, 0.2) is 53.4 Å². The van der Waals surface area contributed by atoms with Crippen molar-refractivity contribution in [3.63, 3.8) is 0 Å².